The highest BCUT2D eigenvalue weighted by Gasteiger charge is 2.17. The van der Waals surface area contributed by atoms with Crippen molar-refractivity contribution in [1.82, 2.24) is 5.32 Å². The Bertz CT molecular complexity index is 409. The van der Waals surface area contributed by atoms with Crippen molar-refractivity contribution in [2.45, 2.75) is 57.4 Å². The lowest BCUT2D eigenvalue weighted by Gasteiger charge is -2.23. The van der Waals surface area contributed by atoms with Gasteiger partial charge in [-0.25, -0.2) is 0 Å². The lowest BCUT2D eigenvalue weighted by atomic mass is 9.94. The van der Waals surface area contributed by atoms with Gasteiger partial charge >= 0.3 is 0 Å². The highest BCUT2D eigenvalue weighted by molar-refractivity contribution is 6.30. The zero-order valence-electron chi connectivity index (χ0n) is 11.5. The Morgan fingerprint density at radius 1 is 1.26 bits per heavy atom. The van der Waals surface area contributed by atoms with Crippen molar-refractivity contribution < 1.29 is 4.79 Å². The standard InChI is InChI=1S/C16H22ClNO/c1-12(13-7-9-14(17)10-8-13)11-16(19)18-15-5-3-2-4-6-15/h7-10,12,15H,2-6,11H2,1H3,(H,18,19)/t12-/m0/s1. The van der Waals surface area contributed by atoms with E-state index in [1.165, 1.54) is 24.8 Å². The fraction of sp³-hybridized carbons (Fsp3) is 0.562. The zero-order valence-corrected chi connectivity index (χ0v) is 12.2. The van der Waals surface area contributed by atoms with Gasteiger partial charge in [0.1, 0.15) is 0 Å². The number of hydrogen-bond donors (Lipinski definition) is 1. The van der Waals surface area contributed by atoms with E-state index in [1.54, 1.807) is 0 Å². The lowest BCUT2D eigenvalue weighted by molar-refractivity contribution is -0.122. The zero-order chi connectivity index (χ0) is 13.7. The van der Waals surface area contributed by atoms with Crippen LogP contribution in [0.25, 0.3) is 0 Å². The number of halogens is 1. The smallest absolute Gasteiger partial charge is 0.220 e. The minimum atomic E-state index is 0.175. The predicted molar refractivity (Wildman–Crippen MR) is 79.5 cm³/mol. The van der Waals surface area contributed by atoms with Crippen LogP contribution in [0.4, 0.5) is 0 Å². The second-order valence-corrected chi connectivity index (χ2v) is 6.00. The van der Waals surface area contributed by atoms with E-state index < -0.39 is 0 Å². The summed E-state index contributed by atoms with van der Waals surface area (Å²) in [5.41, 5.74) is 1.17. The molecule has 0 heterocycles. The van der Waals surface area contributed by atoms with Crippen molar-refractivity contribution in [3.63, 3.8) is 0 Å². The van der Waals surface area contributed by atoms with Crippen LogP contribution in [-0.2, 0) is 4.79 Å². The second-order valence-electron chi connectivity index (χ2n) is 5.56. The largest absolute Gasteiger partial charge is 0.353 e. The summed E-state index contributed by atoms with van der Waals surface area (Å²) in [6.07, 6.45) is 6.64. The maximum absolute atomic E-state index is 12.0. The van der Waals surface area contributed by atoms with Gasteiger partial charge in [0.05, 0.1) is 0 Å². The summed E-state index contributed by atoms with van der Waals surface area (Å²) in [6.45, 7) is 2.09. The molecular formula is C16H22ClNO. The van der Waals surface area contributed by atoms with E-state index >= 15 is 0 Å². The van der Waals surface area contributed by atoms with Crippen molar-refractivity contribution in [3.8, 4) is 0 Å². The van der Waals surface area contributed by atoms with Crippen LogP contribution in [0.3, 0.4) is 0 Å². The average Bonchev–Trinajstić information content (AvgIpc) is 2.40. The first-order chi connectivity index (χ1) is 9.15. The molecule has 1 aliphatic carbocycles. The topological polar surface area (TPSA) is 29.1 Å². The number of rotatable bonds is 4. The molecule has 104 valence electrons. The molecule has 0 aliphatic heterocycles. The van der Waals surface area contributed by atoms with Crippen molar-refractivity contribution in [3.05, 3.63) is 34.9 Å². The SMILES string of the molecule is C[C@@H](CC(=O)NC1CCCCC1)c1ccc(Cl)cc1. The average molecular weight is 280 g/mol. The van der Waals surface area contributed by atoms with Crippen LogP contribution in [0.1, 0.15) is 56.9 Å². The van der Waals surface area contributed by atoms with E-state index in [2.05, 4.69) is 12.2 Å². The maximum Gasteiger partial charge on any atom is 0.220 e. The third-order valence-corrected chi connectivity index (χ3v) is 4.15. The summed E-state index contributed by atoms with van der Waals surface area (Å²) >= 11 is 5.87. The Labute approximate surface area is 120 Å². The Morgan fingerprint density at radius 2 is 1.89 bits per heavy atom. The van der Waals surface area contributed by atoms with Gasteiger partial charge in [-0.2, -0.15) is 0 Å². The first kappa shape index (κ1) is 14.4. The molecule has 2 rings (SSSR count). The number of hydrogen-bond acceptors (Lipinski definition) is 1. The summed E-state index contributed by atoms with van der Waals surface area (Å²) in [7, 11) is 0. The summed E-state index contributed by atoms with van der Waals surface area (Å²) in [6, 6.07) is 8.17. The van der Waals surface area contributed by atoms with Gasteiger partial charge in [0.2, 0.25) is 5.91 Å². The summed E-state index contributed by atoms with van der Waals surface area (Å²) in [5.74, 6) is 0.412. The van der Waals surface area contributed by atoms with Crippen LogP contribution in [0, 0.1) is 0 Å². The minimum Gasteiger partial charge on any atom is -0.353 e. The number of carbonyl (C=O) groups excluding carboxylic acids is 1. The Balaban J connectivity index is 1.82. The number of nitrogens with one attached hydrogen (secondary N) is 1. The van der Waals surface area contributed by atoms with E-state index in [9.17, 15) is 4.79 Å². The molecule has 1 aromatic rings. The van der Waals surface area contributed by atoms with Gasteiger partial charge in [-0.15, -0.1) is 0 Å². The second kappa shape index (κ2) is 6.95. The van der Waals surface area contributed by atoms with Gasteiger partial charge in [-0.05, 0) is 36.5 Å². The molecule has 1 fully saturated rings. The molecule has 1 amide bonds. The molecule has 2 nitrogen and oxygen atoms in total. The highest BCUT2D eigenvalue weighted by atomic mass is 35.5. The van der Waals surface area contributed by atoms with Gasteiger partial charge in [0.15, 0.2) is 0 Å². The molecule has 3 heteroatoms. The predicted octanol–water partition coefficient (Wildman–Crippen LogP) is 4.28. The first-order valence-corrected chi connectivity index (χ1v) is 7.58. The molecule has 1 aliphatic rings. The lowest BCUT2D eigenvalue weighted by Crippen LogP contribution is -2.36. The summed E-state index contributed by atoms with van der Waals surface area (Å²) in [5, 5.41) is 3.90. The van der Waals surface area contributed by atoms with Gasteiger partial charge < -0.3 is 5.32 Å². The van der Waals surface area contributed by atoms with Gasteiger partial charge in [0, 0.05) is 17.5 Å². The van der Waals surface area contributed by atoms with Gasteiger partial charge in [-0.1, -0.05) is 49.9 Å². The Morgan fingerprint density at radius 3 is 2.53 bits per heavy atom. The van der Waals surface area contributed by atoms with Crippen molar-refractivity contribution >= 4 is 17.5 Å². The molecule has 1 saturated carbocycles. The molecule has 0 spiro atoms. The van der Waals surface area contributed by atoms with Crippen LogP contribution in [-0.4, -0.2) is 11.9 Å². The van der Waals surface area contributed by atoms with Crippen molar-refractivity contribution in [2.75, 3.05) is 0 Å². The highest BCUT2D eigenvalue weighted by Crippen LogP contribution is 2.22. The van der Waals surface area contributed by atoms with Crippen LogP contribution in [0.15, 0.2) is 24.3 Å². The van der Waals surface area contributed by atoms with E-state index in [1.807, 2.05) is 24.3 Å². The molecule has 1 atom stereocenters. The van der Waals surface area contributed by atoms with E-state index in [4.69, 9.17) is 11.6 Å². The number of carbonyl (C=O) groups is 1. The summed E-state index contributed by atoms with van der Waals surface area (Å²) < 4.78 is 0. The van der Waals surface area contributed by atoms with Crippen LogP contribution >= 0.6 is 11.6 Å². The minimum absolute atomic E-state index is 0.175. The quantitative estimate of drug-likeness (QED) is 0.875. The van der Waals surface area contributed by atoms with Crippen LogP contribution in [0.2, 0.25) is 5.02 Å². The Kier molecular flexibility index (Phi) is 5.26. The molecule has 0 saturated heterocycles. The molecule has 1 N–H and O–H groups in total. The molecule has 0 bridgehead atoms. The van der Waals surface area contributed by atoms with Crippen molar-refractivity contribution in [1.29, 1.82) is 0 Å². The van der Waals surface area contributed by atoms with E-state index in [-0.39, 0.29) is 11.8 Å². The Hall–Kier alpha value is -1.02. The maximum atomic E-state index is 12.0. The summed E-state index contributed by atoms with van der Waals surface area (Å²) in [4.78, 5) is 12.0. The fourth-order valence-electron chi connectivity index (χ4n) is 2.72. The van der Waals surface area contributed by atoms with Gasteiger partial charge in [-0.3, -0.25) is 4.79 Å². The molecular weight excluding hydrogens is 258 g/mol. The molecule has 19 heavy (non-hydrogen) atoms. The molecule has 0 aromatic heterocycles. The third kappa shape index (κ3) is 4.54. The molecule has 1 aromatic carbocycles. The van der Waals surface area contributed by atoms with E-state index in [0.29, 0.717) is 12.5 Å². The monoisotopic (exact) mass is 279 g/mol. The molecule has 0 unspecified atom stereocenters. The van der Waals surface area contributed by atoms with Crippen molar-refractivity contribution in [2.24, 2.45) is 0 Å². The number of amides is 1. The number of benzene rings is 1. The fourth-order valence-corrected chi connectivity index (χ4v) is 2.85. The van der Waals surface area contributed by atoms with Crippen LogP contribution in [0.5, 0.6) is 0 Å². The van der Waals surface area contributed by atoms with Crippen LogP contribution < -0.4 is 5.32 Å². The third-order valence-electron chi connectivity index (χ3n) is 3.90. The molecule has 0 radical (unpaired) electrons. The normalized spacial score (nSPS) is 18.0. The van der Waals surface area contributed by atoms with Gasteiger partial charge in [0.25, 0.3) is 0 Å². The first-order valence-electron chi connectivity index (χ1n) is 7.20. The van der Waals surface area contributed by atoms with E-state index in [0.717, 1.165) is 17.9 Å².